The Bertz CT molecular complexity index is 1040. The van der Waals surface area contributed by atoms with Crippen molar-refractivity contribution in [2.24, 2.45) is 5.41 Å². The quantitative estimate of drug-likeness (QED) is 0.314. The SMILES string of the molecule is C=C[C@@](C)(/C=C/c1ccc(OCc2cn(Cc3ccccc3)nn2)cc1)CCC=C(C)C. The van der Waals surface area contributed by atoms with Gasteiger partial charge in [0.2, 0.25) is 0 Å². The highest BCUT2D eigenvalue weighted by Crippen LogP contribution is 2.28. The van der Waals surface area contributed by atoms with E-state index in [1.807, 2.05) is 47.3 Å². The van der Waals surface area contributed by atoms with Gasteiger partial charge in [-0.15, -0.1) is 11.7 Å². The van der Waals surface area contributed by atoms with Gasteiger partial charge in [0.05, 0.1) is 12.7 Å². The molecule has 0 spiro atoms. The zero-order chi connectivity index (χ0) is 22.8. The van der Waals surface area contributed by atoms with Crippen LogP contribution < -0.4 is 4.74 Å². The molecule has 3 aromatic rings. The van der Waals surface area contributed by atoms with E-state index in [9.17, 15) is 0 Å². The standard InChI is InChI=1S/C28H33N3O/c1-5-28(4,18-9-10-23(2)3)19-17-24-13-15-27(16-14-24)32-22-26-21-31(30-29-26)20-25-11-7-6-8-12-25/h5-8,10-17,19,21H,1,9,18,20,22H2,2-4H3/b19-17+/t28-/m1/s1. The summed E-state index contributed by atoms with van der Waals surface area (Å²) in [5, 5.41) is 8.40. The lowest BCUT2D eigenvalue weighted by molar-refractivity contribution is 0.301. The van der Waals surface area contributed by atoms with Crippen molar-refractivity contribution in [3.8, 4) is 5.75 Å². The molecule has 1 atom stereocenters. The predicted octanol–water partition coefficient (Wildman–Crippen LogP) is 6.86. The first-order chi connectivity index (χ1) is 15.5. The summed E-state index contributed by atoms with van der Waals surface area (Å²) in [4.78, 5) is 0. The van der Waals surface area contributed by atoms with Gasteiger partial charge in [-0.05, 0) is 49.9 Å². The second-order valence-corrected chi connectivity index (χ2v) is 8.61. The number of nitrogens with zero attached hydrogens (tertiary/aromatic N) is 3. The summed E-state index contributed by atoms with van der Waals surface area (Å²) >= 11 is 0. The van der Waals surface area contributed by atoms with E-state index in [-0.39, 0.29) is 5.41 Å². The van der Waals surface area contributed by atoms with Crippen LogP contribution in [0.5, 0.6) is 5.75 Å². The molecule has 0 amide bonds. The van der Waals surface area contributed by atoms with Crippen molar-refractivity contribution in [1.82, 2.24) is 15.0 Å². The Morgan fingerprint density at radius 3 is 2.53 bits per heavy atom. The van der Waals surface area contributed by atoms with E-state index in [0.717, 1.165) is 29.8 Å². The lowest BCUT2D eigenvalue weighted by Crippen LogP contribution is -2.08. The molecular formula is C28H33N3O. The third-order valence-corrected chi connectivity index (χ3v) is 5.40. The van der Waals surface area contributed by atoms with Gasteiger partial charge in [0.15, 0.2) is 0 Å². The molecule has 0 aliphatic carbocycles. The lowest BCUT2D eigenvalue weighted by atomic mass is 9.84. The van der Waals surface area contributed by atoms with E-state index in [4.69, 9.17) is 4.74 Å². The number of aromatic nitrogens is 3. The molecule has 0 unspecified atom stereocenters. The van der Waals surface area contributed by atoms with Gasteiger partial charge >= 0.3 is 0 Å². The Balaban J connectivity index is 1.52. The molecule has 0 saturated heterocycles. The minimum absolute atomic E-state index is 0.0211. The van der Waals surface area contributed by atoms with Crippen molar-refractivity contribution in [2.45, 2.75) is 46.8 Å². The number of rotatable bonds is 11. The highest BCUT2D eigenvalue weighted by Gasteiger charge is 2.15. The summed E-state index contributed by atoms with van der Waals surface area (Å²) in [6, 6.07) is 18.3. The molecular weight excluding hydrogens is 394 g/mol. The summed E-state index contributed by atoms with van der Waals surface area (Å²) in [6.45, 7) is 11.6. The van der Waals surface area contributed by atoms with Crippen LogP contribution >= 0.6 is 0 Å². The second kappa shape index (κ2) is 11.3. The lowest BCUT2D eigenvalue weighted by Gasteiger charge is -2.20. The number of hydrogen-bond donors (Lipinski definition) is 0. The minimum Gasteiger partial charge on any atom is -0.487 e. The van der Waals surface area contributed by atoms with Crippen molar-refractivity contribution < 1.29 is 4.74 Å². The molecule has 0 N–H and O–H groups in total. The summed E-state index contributed by atoms with van der Waals surface area (Å²) in [6.07, 6.45) is 12.7. The van der Waals surface area contributed by atoms with Crippen LogP contribution in [0.3, 0.4) is 0 Å². The molecule has 0 radical (unpaired) electrons. The van der Waals surface area contributed by atoms with Crippen LogP contribution in [0.25, 0.3) is 6.08 Å². The van der Waals surface area contributed by atoms with Crippen LogP contribution in [-0.4, -0.2) is 15.0 Å². The van der Waals surface area contributed by atoms with Gasteiger partial charge in [0.25, 0.3) is 0 Å². The molecule has 4 nitrogen and oxygen atoms in total. The molecule has 1 aromatic heterocycles. The van der Waals surface area contributed by atoms with Crippen LogP contribution in [0.15, 0.2) is 91.2 Å². The van der Waals surface area contributed by atoms with Crippen molar-refractivity contribution in [2.75, 3.05) is 0 Å². The number of allylic oxidation sites excluding steroid dienone is 4. The van der Waals surface area contributed by atoms with Gasteiger partial charge in [0, 0.05) is 5.41 Å². The van der Waals surface area contributed by atoms with Gasteiger partial charge in [0.1, 0.15) is 18.1 Å². The topological polar surface area (TPSA) is 39.9 Å². The van der Waals surface area contributed by atoms with E-state index in [1.165, 1.54) is 11.1 Å². The Morgan fingerprint density at radius 1 is 1.09 bits per heavy atom. The first kappa shape index (κ1) is 23.3. The van der Waals surface area contributed by atoms with E-state index in [1.54, 1.807) is 0 Å². The molecule has 3 rings (SSSR count). The van der Waals surface area contributed by atoms with E-state index < -0.39 is 0 Å². The smallest absolute Gasteiger partial charge is 0.134 e. The molecule has 4 heteroatoms. The zero-order valence-corrected chi connectivity index (χ0v) is 19.4. The zero-order valence-electron chi connectivity index (χ0n) is 19.4. The maximum absolute atomic E-state index is 5.89. The Morgan fingerprint density at radius 2 is 1.84 bits per heavy atom. The third kappa shape index (κ3) is 7.38. The van der Waals surface area contributed by atoms with Gasteiger partial charge in [-0.1, -0.05) is 84.5 Å². The van der Waals surface area contributed by atoms with Crippen LogP contribution in [-0.2, 0) is 13.2 Å². The molecule has 0 saturated carbocycles. The minimum atomic E-state index is -0.0211. The Hall–Kier alpha value is -3.40. The fourth-order valence-corrected chi connectivity index (χ4v) is 3.30. The predicted molar refractivity (Wildman–Crippen MR) is 132 cm³/mol. The maximum atomic E-state index is 5.89. The van der Waals surface area contributed by atoms with E-state index in [2.05, 4.69) is 80.2 Å². The van der Waals surface area contributed by atoms with E-state index in [0.29, 0.717) is 13.2 Å². The molecule has 0 aliphatic heterocycles. The van der Waals surface area contributed by atoms with Crippen LogP contribution in [0.1, 0.15) is 50.4 Å². The summed E-state index contributed by atoms with van der Waals surface area (Å²) < 4.78 is 7.72. The van der Waals surface area contributed by atoms with Crippen LogP contribution in [0.4, 0.5) is 0 Å². The molecule has 0 aliphatic rings. The van der Waals surface area contributed by atoms with Crippen molar-refractivity contribution in [1.29, 1.82) is 0 Å². The number of hydrogen-bond acceptors (Lipinski definition) is 3. The van der Waals surface area contributed by atoms with Crippen LogP contribution in [0, 0.1) is 5.41 Å². The molecule has 0 bridgehead atoms. The normalized spacial score (nSPS) is 13.0. The largest absolute Gasteiger partial charge is 0.487 e. The summed E-state index contributed by atoms with van der Waals surface area (Å²) in [7, 11) is 0. The first-order valence-electron chi connectivity index (χ1n) is 11.1. The Kier molecular flexibility index (Phi) is 8.20. The fourth-order valence-electron chi connectivity index (χ4n) is 3.30. The molecule has 32 heavy (non-hydrogen) atoms. The van der Waals surface area contributed by atoms with E-state index >= 15 is 0 Å². The average Bonchev–Trinajstić information content (AvgIpc) is 3.24. The second-order valence-electron chi connectivity index (χ2n) is 8.61. The summed E-state index contributed by atoms with van der Waals surface area (Å²) in [5.74, 6) is 0.815. The fraction of sp³-hybridized carbons (Fsp3) is 0.286. The highest BCUT2D eigenvalue weighted by molar-refractivity contribution is 5.52. The van der Waals surface area contributed by atoms with Crippen LogP contribution in [0.2, 0.25) is 0 Å². The van der Waals surface area contributed by atoms with Gasteiger partial charge in [-0.2, -0.15) is 0 Å². The number of ether oxygens (including phenoxy) is 1. The van der Waals surface area contributed by atoms with Crippen molar-refractivity contribution in [3.05, 3.63) is 108 Å². The highest BCUT2D eigenvalue weighted by atomic mass is 16.5. The van der Waals surface area contributed by atoms with Crippen molar-refractivity contribution in [3.63, 3.8) is 0 Å². The van der Waals surface area contributed by atoms with Gasteiger partial charge < -0.3 is 4.74 Å². The maximum Gasteiger partial charge on any atom is 0.134 e. The first-order valence-corrected chi connectivity index (χ1v) is 11.1. The Labute approximate surface area is 191 Å². The average molecular weight is 428 g/mol. The monoisotopic (exact) mass is 427 g/mol. The van der Waals surface area contributed by atoms with Crippen molar-refractivity contribution >= 4 is 6.08 Å². The number of benzene rings is 2. The third-order valence-electron chi connectivity index (χ3n) is 5.40. The molecule has 0 fully saturated rings. The molecule has 2 aromatic carbocycles. The van der Waals surface area contributed by atoms with Gasteiger partial charge in [-0.3, -0.25) is 0 Å². The summed E-state index contributed by atoms with van der Waals surface area (Å²) in [5.41, 5.74) is 4.48. The molecule has 1 heterocycles. The van der Waals surface area contributed by atoms with Gasteiger partial charge in [-0.25, -0.2) is 4.68 Å². The molecule has 166 valence electrons.